The summed E-state index contributed by atoms with van der Waals surface area (Å²) < 4.78 is 10.7. The van der Waals surface area contributed by atoms with Gasteiger partial charge >= 0.3 is 5.97 Å². The molecule has 1 N–H and O–H groups in total. The van der Waals surface area contributed by atoms with Gasteiger partial charge in [0.2, 0.25) is 5.01 Å². The van der Waals surface area contributed by atoms with Gasteiger partial charge in [-0.1, -0.05) is 12.1 Å². The van der Waals surface area contributed by atoms with E-state index in [1.165, 1.54) is 0 Å². The van der Waals surface area contributed by atoms with Gasteiger partial charge in [0.1, 0.15) is 6.61 Å². The third-order valence-corrected chi connectivity index (χ3v) is 3.06. The van der Waals surface area contributed by atoms with E-state index >= 15 is 0 Å². The van der Waals surface area contributed by atoms with Crippen LogP contribution >= 0.6 is 11.3 Å². The molecule has 0 unspecified atom stereocenters. The summed E-state index contributed by atoms with van der Waals surface area (Å²) in [6.45, 7) is 0.212. The van der Waals surface area contributed by atoms with Crippen LogP contribution in [0.1, 0.15) is 15.5 Å². The predicted molar refractivity (Wildman–Crippen MR) is 66.4 cm³/mol. The molecule has 6 heteroatoms. The Morgan fingerprint density at radius 1 is 1.39 bits per heavy atom. The molecule has 0 aliphatic carbocycles. The van der Waals surface area contributed by atoms with E-state index < -0.39 is 5.97 Å². The smallest absolute Gasteiger partial charge is 0.365 e. The van der Waals surface area contributed by atoms with Crippen molar-refractivity contribution in [2.45, 2.75) is 6.61 Å². The molecular formula is C12H11NO4S. The third-order valence-electron chi connectivity index (χ3n) is 2.18. The van der Waals surface area contributed by atoms with Gasteiger partial charge in [-0.2, -0.15) is 0 Å². The molecule has 0 aliphatic rings. The third kappa shape index (κ3) is 2.78. The molecule has 2 aromatic rings. The summed E-state index contributed by atoms with van der Waals surface area (Å²) in [6, 6.07) is 7.25. The molecule has 1 aromatic heterocycles. The van der Waals surface area contributed by atoms with Crippen molar-refractivity contribution in [1.82, 2.24) is 4.98 Å². The number of ether oxygens (including phenoxy) is 2. The van der Waals surface area contributed by atoms with Crippen LogP contribution in [0.5, 0.6) is 11.5 Å². The highest BCUT2D eigenvalue weighted by Gasteiger charge is 2.10. The molecule has 0 bridgehead atoms. The highest BCUT2D eigenvalue weighted by atomic mass is 32.1. The lowest BCUT2D eigenvalue weighted by molar-refractivity contribution is 0.0696. The van der Waals surface area contributed by atoms with Gasteiger partial charge in [0.15, 0.2) is 11.5 Å². The Kier molecular flexibility index (Phi) is 3.78. The van der Waals surface area contributed by atoms with Crippen molar-refractivity contribution in [2.75, 3.05) is 7.11 Å². The summed E-state index contributed by atoms with van der Waals surface area (Å²) in [5, 5.41) is 10.5. The number of aromatic carboxylic acids is 1. The van der Waals surface area contributed by atoms with Gasteiger partial charge in [-0.25, -0.2) is 9.78 Å². The monoisotopic (exact) mass is 265 g/mol. The van der Waals surface area contributed by atoms with E-state index in [-0.39, 0.29) is 11.6 Å². The van der Waals surface area contributed by atoms with Crippen LogP contribution in [-0.2, 0) is 6.61 Å². The lowest BCUT2D eigenvalue weighted by Gasteiger charge is -2.08. The zero-order valence-corrected chi connectivity index (χ0v) is 10.4. The highest BCUT2D eigenvalue weighted by molar-refractivity contribution is 7.11. The number of benzene rings is 1. The Labute approximate surface area is 108 Å². The summed E-state index contributed by atoms with van der Waals surface area (Å²) >= 11 is 1.08. The Balaban J connectivity index is 2.04. The maximum Gasteiger partial charge on any atom is 0.365 e. The second-order valence-corrected chi connectivity index (χ2v) is 4.25. The first-order valence-electron chi connectivity index (χ1n) is 5.14. The topological polar surface area (TPSA) is 68.7 Å². The minimum atomic E-state index is -1.02. The van der Waals surface area contributed by atoms with Gasteiger partial charge in [0, 0.05) is 5.38 Å². The van der Waals surface area contributed by atoms with Crippen molar-refractivity contribution in [2.24, 2.45) is 0 Å². The van der Waals surface area contributed by atoms with Crippen molar-refractivity contribution in [1.29, 1.82) is 0 Å². The molecule has 0 amide bonds. The van der Waals surface area contributed by atoms with Crippen LogP contribution in [0.15, 0.2) is 29.6 Å². The van der Waals surface area contributed by atoms with Crippen LogP contribution in [-0.4, -0.2) is 23.2 Å². The van der Waals surface area contributed by atoms with Crippen molar-refractivity contribution in [3.05, 3.63) is 40.3 Å². The fourth-order valence-corrected chi connectivity index (χ4v) is 2.00. The lowest BCUT2D eigenvalue weighted by atomic mass is 10.3. The molecule has 94 valence electrons. The Bertz CT molecular complexity index is 553. The van der Waals surface area contributed by atoms with E-state index in [0.717, 1.165) is 11.3 Å². The molecular weight excluding hydrogens is 254 g/mol. The maximum absolute atomic E-state index is 10.7. The number of thiazole rings is 1. The van der Waals surface area contributed by atoms with Crippen LogP contribution in [0.25, 0.3) is 0 Å². The SMILES string of the molecule is COc1ccccc1OCc1csc(C(=O)O)n1. The number of carboxylic acid groups (broad SMARTS) is 1. The van der Waals surface area contributed by atoms with Gasteiger partial charge < -0.3 is 14.6 Å². The average Bonchev–Trinajstić information content (AvgIpc) is 2.85. The molecule has 1 aromatic carbocycles. The summed E-state index contributed by atoms with van der Waals surface area (Å²) in [6.07, 6.45) is 0. The molecule has 0 saturated heterocycles. The van der Waals surface area contributed by atoms with Gasteiger partial charge in [0.05, 0.1) is 12.8 Å². The number of carboxylic acids is 1. The Morgan fingerprint density at radius 3 is 2.72 bits per heavy atom. The Morgan fingerprint density at radius 2 is 2.11 bits per heavy atom. The van der Waals surface area contributed by atoms with E-state index in [1.807, 2.05) is 12.1 Å². The molecule has 18 heavy (non-hydrogen) atoms. The number of hydrogen-bond acceptors (Lipinski definition) is 5. The van der Waals surface area contributed by atoms with E-state index in [2.05, 4.69) is 4.98 Å². The first-order chi connectivity index (χ1) is 8.70. The average molecular weight is 265 g/mol. The normalized spacial score (nSPS) is 10.1. The van der Waals surface area contributed by atoms with Crippen molar-refractivity contribution in [3.63, 3.8) is 0 Å². The molecule has 0 aliphatic heterocycles. The molecule has 0 spiro atoms. The zero-order chi connectivity index (χ0) is 13.0. The minimum Gasteiger partial charge on any atom is -0.493 e. The predicted octanol–water partition coefficient (Wildman–Crippen LogP) is 2.43. The quantitative estimate of drug-likeness (QED) is 0.899. The number of hydrogen-bond donors (Lipinski definition) is 1. The van der Waals surface area contributed by atoms with Crippen LogP contribution in [0, 0.1) is 0 Å². The Hall–Kier alpha value is -2.08. The van der Waals surface area contributed by atoms with E-state index in [9.17, 15) is 4.79 Å². The number of para-hydroxylation sites is 2. The molecule has 0 saturated carbocycles. The summed E-state index contributed by atoms with van der Waals surface area (Å²) in [4.78, 5) is 14.6. The minimum absolute atomic E-state index is 0.0635. The van der Waals surface area contributed by atoms with Crippen LogP contribution in [0.3, 0.4) is 0 Å². The number of rotatable bonds is 5. The fourth-order valence-electron chi connectivity index (χ4n) is 1.36. The van der Waals surface area contributed by atoms with Gasteiger partial charge in [0.25, 0.3) is 0 Å². The van der Waals surface area contributed by atoms with Gasteiger partial charge in [-0.15, -0.1) is 11.3 Å². The highest BCUT2D eigenvalue weighted by Crippen LogP contribution is 2.26. The molecule has 1 heterocycles. The first kappa shape index (κ1) is 12.4. The first-order valence-corrected chi connectivity index (χ1v) is 6.02. The van der Waals surface area contributed by atoms with Crippen LogP contribution in [0.2, 0.25) is 0 Å². The summed E-state index contributed by atoms with van der Waals surface area (Å²) in [5.41, 5.74) is 0.586. The van der Waals surface area contributed by atoms with Crippen LogP contribution < -0.4 is 9.47 Å². The van der Waals surface area contributed by atoms with Crippen molar-refractivity contribution < 1.29 is 19.4 Å². The number of nitrogens with zero attached hydrogens (tertiary/aromatic N) is 1. The number of carbonyl (C=O) groups is 1. The van der Waals surface area contributed by atoms with E-state index in [0.29, 0.717) is 17.2 Å². The van der Waals surface area contributed by atoms with Gasteiger partial charge in [-0.3, -0.25) is 0 Å². The van der Waals surface area contributed by atoms with Crippen LogP contribution in [0.4, 0.5) is 0 Å². The zero-order valence-electron chi connectivity index (χ0n) is 9.62. The number of aromatic nitrogens is 1. The molecule has 0 fully saturated rings. The summed E-state index contributed by atoms with van der Waals surface area (Å²) in [7, 11) is 1.56. The van der Waals surface area contributed by atoms with E-state index in [1.54, 1.807) is 24.6 Å². The maximum atomic E-state index is 10.7. The fraction of sp³-hybridized carbons (Fsp3) is 0.167. The second-order valence-electron chi connectivity index (χ2n) is 3.39. The van der Waals surface area contributed by atoms with Crippen molar-refractivity contribution in [3.8, 4) is 11.5 Å². The van der Waals surface area contributed by atoms with Crippen molar-refractivity contribution >= 4 is 17.3 Å². The largest absolute Gasteiger partial charge is 0.493 e. The molecule has 0 atom stereocenters. The second kappa shape index (κ2) is 5.50. The standard InChI is InChI=1S/C12H11NO4S/c1-16-9-4-2-3-5-10(9)17-6-8-7-18-11(13-8)12(14)15/h2-5,7H,6H2,1H3,(H,14,15). The lowest BCUT2D eigenvalue weighted by Crippen LogP contribution is -2.00. The molecule has 2 rings (SSSR count). The summed E-state index contributed by atoms with van der Waals surface area (Å²) in [5.74, 6) is 0.208. The molecule has 5 nitrogen and oxygen atoms in total. The van der Waals surface area contributed by atoms with E-state index in [4.69, 9.17) is 14.6 Å². The number of methoxy groups -OCH3 is 1. The molecule has 0 radical (unpaired) electrons. The van der Waals surface area contributed by atoms with Gasteiger partial charge in [-0.05, 0) is 12.1 Å².